The first kappa shape index (κ1) is 15.4. The number of benzene rings is 1. The lowest BCUT2D eigenvalue weighted by molar-refractivity contribution is 0.0120. The minimum Gasteiger partial charge on any atom is -0.332 e. The van der Waals surface area contributed by atoms with Gasteiger partial charge in [-0.05, 0) is 62.0 Å². The second-order valence-corrected chi connectivity index (χ2v) is 6.43. The topological polar surface area (TPSA) is 32.3 Å². The van der Waals surface area contributed by atoms with Crippen molar-refractivity contribution in [2.75, 3.05) is 26.2 Å². The van der Waals surface area contributed by atoms with Gasteiger partial charge in [0.1, 0.15) is 0 Å². The SMILES string of the molecule is Cc1ccc(C(=O)N2CCC(F)(F)C2)cc1C1CCNCC1. The minimum absolute atomic E-state index is 0.141. The molecule has 0 bridgehead atoms. The van der Waals surface area contributed by atoms with E-state index in [0.717, 1.165) is 25.9 Å². The molecule has 0 radical (unpaired) electrons. The standard InChI is InChI=1S/C17H22F2N2O/c1-12-2-3-14(10-15(12)13-4-7-20-8-5-13)16(22)21-9-6-17(18,19)11-21/h2-3,10,13,20H,4-9,11H2,1H3. The summed E-state index contributed by atoms with van der Waals surface area (Å²) in [6, 6.07) is 5.63. The number of rotatable bonds is 2. The van der Waals surface area contributed by atoms with Gasteiger partial charge in [0.05, 0.1) is 6.54 Å². The summed E-state index contributed by atoms with van der Waals surface area (Å²) in [5.41, 5.74) is 2.91. The number of carbonyl (C=O) groups excluding carboxylic acids is 1. The molecule has 3 rings (SSSR count). The number of amides is 1. The molecular formula is C17H22F2N2O. The van der Waals surface area contributed by atoms with E-state index in [2.05, 4.69) is 12.2 Å². The maximum atomic E-state index is 13.3. The van der Waals surface area contributed by atoms with Crippen molar-refractivity contribution in [1.29, 1.82) is 0 Å². The van der Waals surface area contributed by atoms with E-state index in [0.29, 0.717) is 11.5 Å². The van der Waals surface area contributed by atoms with Crippen LogP contribution in [-0.2, 0) is 0 Å². The van der Waals surface area contributed by atoms with Crippen molar-refractivity contribution in [3.63, 3.8) is 0 Å². The highest BCUT2D eigenvalue weighted by atomic mass is 19.3. The Balaban J connectivity index is 1.81. The Labute approximate surface area is 129 Å². The molecule has 0 atom stereocenters. The molecule has 22 heavy (non-hydrogen) atoms. The van der Waals surface area contributed by atoms with E-state index in [4.69, 9.17) is 0 Å². The third-order valence-corrected chi connectivity index (χ3v) is 4.76. The zero-order chi connectivity index (χ0) is 15.7. The van der Waals surface area contributed by atoms with Crippen molar-refractivity contribution in [3.05, 3.63) is 34.9 Å². The lowest BCUT2D eigenvalue weighted by Gasteiger charge is -2.25. The van der Waals surface area contributed by atoms with Crippen molar-refractivity contribution in [2.24, 2.45) is 0 Å². The van der Waals surface area contributed by atoms with Crippen molar-refractivity contribution in [2.45, 2.75) is 38.0 Å². The van der Waals surface area contributed by atoms with Gasteiger partial charge in [-0.15, -0.1) is 0 Å². The molecule has 0 aliphatic carbocycles. The van der Waals surface area contributed by atoms with Crippen LogP contribution < -0.4 is 5.32 Å². The second kappa shape index (κ2) is 5.95. The third-order valence-electron chi connectivity index (χ3n) is 4.76. The fourth-order valence-electron chi connectivity index (χ4n) is 3.44. The Morgan fingerprint density at radius 2 is 2.05 bits per heavy atom. The Bertz CT molecular complexity index is 568. The molecule has 120 valence electrons. The number of halogens is 2. The lowest BCUT2D eigenvalue weighted by atomic mass is 9.86. The molecule has 0 aromatic heterocycles. The minimum atomic E-state index is -2.74. The molecule has 1 aromatic carbocycles. The molecule has 3 nitrogen and oxygen atoms in total. The molecule has 0 unspecified atom stereocenters. The smallest absolute Gasteiger partial charge is 0.267 e. The number of nitrogens with zero attached hydrogens (tertiary/aromatic N) is 1. The summed E-state index contributed by atoms with van der Waals surface area (Å²) in [5, 5.41) is 3.34. The molecule has 5 heteroatoms. The van der Waals surface area contributed by atoms with E-state index in [1.54, 1.807) is 6.07 Å². The zero-order valence-electron chi connectivity index (χ0n) is 12.9. The fraction of sp³-hybridized carbons (Fsp3) is 0.588. The van der Waals surface area contributed by atoms with Crippen LogP contribution in [0.1, 0.15) is 46.7 Å². The molecule has 1 aromatic rings. The maximum Gasteiger partial charge on any atom is 0.267 e. The summed E-state index contributed by atoms with van der Waals surface area (Å²) in [4.78, 5) is 13.7. The van der Waals surface area contributed by atoms with Crippen LogP contribution in [0, 0.1) is 6.92 Å². The first-order valence-corrected chi connectivity index (χ1v) is 7.95. The van der Waals surface area contributed by atoms with Gasteiger partial charge in [0.25, 0.3) is 11.8 Å². The molecule has 1 amide bonds. The monoisotopic (exact) mass is 308 g/mol. The summed E-state index contributed by atoms with van der Waals surface area (Å²) in [6.07, 6.45) is 1.88. The van der Waals surface area contributed by atoms with Gasteiger partial charge in [0.2, 0.25) is 0 Å². The van der Waals surface area contributed by atoms with Gasteiger partial charge in [-0.3, -0.25) is 4.79 Å². The van der Waals surface area contributed by atoms with Crippen molar-refractivity contribution < 1.29 is 13.6 Å². The molecular weight excluding hydrogens is 286 g/mol. The number of alkyl halides is 2. The molecule has 1 N–H and O–H groups in total. The van der Waals surface area contributed by atoms with Gasteiger partial charge in [0.15, 0.2) is 0 Å². The van der Waals surface area contributed by atoms with Crippen molar-refractivity contribution in [1.82, 2.24) is 10.2 Å². The quantitative estimate of drug-likeness (QED) is 0.911. The van der Waals surface area contributed by atoms with Gasteiger partial charge < -0.3 is 10.2 Å². The Morgan fingerprint density at radius 1 is 1.32 bits per heavy atom. The van der Waals surface area contributed by atoms with Gasteiger partial charge in [-0.1, -0.05) is 6.07 Å². The number of nitrogens with one attached hydrogen (secondary N) is 1. The first-order chi connectivity index (χ1) is 10.5. The van der Waals surface area contributed by atoms with Crippen molar-refractivity contribution >= 4 is 5.91 Å². The number of piperidine rings is 1. The van der Waals surface area contributed by atoms with Crippen LogP contribution in [0.5, 0.6) is 0 Å². The van der Waals surface area contributed by atoms with Gasteiger partial charge in [0, 0.05) is 18.5 Å². The zero-order valence-corrected chi connectivity index (χ0v) is 12.9. The van der Waals surface area contributed by atoms with Crippen LogP contribution in [0.4, 0.5) is 8.78 Å². The predicted octanol–water partition coefficient (Wildman–Crippen LogP) is 2.94. The average molecular weight is 308 g/mol. The number of hydrogen-bond donors (Lipinski definition) is 1. The number of likely N-dealkylation sites (tertiary alicyclic amines) is 1. The summed E-state index contributed by atoms with van der Waals surface area (Å²) in [7, 11) is 0. The third kappa shape index (κ3) is 3.14. The number of aryl methyl sites for hydroxylation is 1. The van der Waals surface area contributed by atoms with Crippen LogP contribution in [0.3, 0.4) is 0 Å². The summed E-state index contributed by atoms with van der Waals surface area (Å²) < 4.78 is 26.6. The van der Waals surface area contributed by atoms with Gasteiger partial charge in [-0.25, -0.2) is 8.78 Å². The van der Waals surface area contributed by atoms with Gasteiger partial charge in [-0.2, -0.15) is 0 Å². The highest BCUT2D eigenvalue weighted by Gasteiger charge is 2.40. The van der Waals surface area contributed by atoms with Crippen LogP contribution >= 0.6 is 0 Å². The van der Waals surface area contributed by atoms with Crippen LogP contribution in [0.15, 0.2) is 18.2 Å². The van der Waals surface area contributed by atoms with E-state index in [1.165, 1.54) is 16.0 Å². The van der Waals surface area contributed by atoms with Crippen LogP contribution in [0.25, 0.3) is 0 Å². The van der Waals surface area contributed by atoms with Crippen LogP contribution in [0.2, 0.25) is 0 Å². The number of carbonyl (C=O) groups is 1. The highest BCUT2D eigenvalue weighted by molar-refractivity contribution is 5.94. The van der Waals surface area contributed by atoms with E-state index in [9.17, 15) is 13.6 Å². The second-order valence-electron chi connectivity index (χ2n) is 6.43. The summed E-state index contributed by atoms with van der Waals surface area (Å²) >= 11 is 0. The van der Waals surface area contributed by atoms with E-state index >= 15 is 0 Å². The Hall–Kier alpha value is -1.49. The van der Waals surface area contributed by atoms with Crippen molar-refractivity contribution in [3.8, 4) is 0 Å². The lowest BCUT2D eigenvalue weighted by Crippen LogP contribution is -2.31. The largest absolute Gasteiger partial charge is 0.332 e. The van der Waals surface area contributed by atoms with Gasteiger partial charge >= 0.3 is 0 Å². The van der Waals surface area contributed by atoms with E-state index in [1.807, 2.05) is 12.1 Å². The molecule has 0 spiro atoms. The normalized spacial score (nSPS) is 22.0. The molecule has 2 fully saturated rings. The molecule has 2 saturated heterocycles. The van der Waals surface area contributed by atoms with Crippen LogP contribution in [-0.4, -0.2) is 42.9 Å². The molecule has 2 heterocycles. The summed E-state index contributed by atoms with van der Waals surface area (Å²) in [6.45, 7) is 3.71. The highest BCUT2D eigenvalue weighted by Crippen LogP contribution is 2.31. The Morgan fingerprint density at radius 3 is 2.68 bits per heavy atom. The Kier molecular flexibility index (Phi) is 4.17. The molecule has 2 aliphatic rings. The molecule has 2 aliphatic heterocycles. The summed E-state index contributed by atoms with van der Waals surface area (Å²) in [5.74, 6) is -2.56. The average Bonchev–Trinajstić information content (AvgIpc) is 2.88. The van der Waals surface area contributed by atoms with E-state index in [-0.39, 0.29) is 18.9 Å². The molecule has 0 saturated carbocycles. The first-order valence-electron chi connectivity index (χ1n) is 7.95. The maximum absolute atomic E-state index is 13.3. The fourth-order valence-corrected chi connectivity index (χ4v) is 3.44. The predicted molar refractivity (Wildman–Crippen MR) is 81.5 cm³/mol. The number of hydrogen-bond acceptors (Lipinski definition) is 2. The van der Waals surface area contributed by atoms with E-state index < -0.39 is 12.5 Å².